The molecule has 0 aliphatic heterocycles. The molecule has 1 aliphatic carbocycles. The first-order valence-electron chi connectivity index (χ1n) is 7.69. The molecular weight excluding hydrogens is 350 g/mol. The largest absolute Gasteiger partial charge is 0.353 e. The van der Waals surface area contributed by atoms with Gasteiger partial charge in [0.2, 0.25) is 5.91 Å². The summed E-state index contributed by atoms with van der Waals surface area (Å²) in [5, 5.41) is 2.87. The van der Waals surface area contributed by atoms with Gasteiger partial charge in [0.05, 0.1) is 11.3 Å². The average Bonchev–Trinajstić information content (AvgIpc) is 3.32. The Hall–Kier alpha value is -2.48. The van der Waals surface area contributed by atoms with Gasteiger partial charge in [0, 0.05) is 17.8 Å². The van der Waals surface area contributed by atoms with E-state index in [1.165, 1.54) is 12.1 Å². The molecule has 1 amide bonds. The number of anilines is 1. The Bertz CT molecular complexity index is 874. The molecule has 0 unspecified atom stereocenters. The normalized spacial score (nSPS) is 14.2. The Morgan fingerprint density at radius 2 is 1.64 bits per heavy atom. The van der Waals surface area contributed by atoms with E-state index in [0.717, 1.165) is 30.5 Å². The van der Waals surface area contributed by atoms with Gasteiger partial charge in [-0.25, -0.2) is 17.2 Å². The summed E-state index contributed by atoms with van der Waals surface area (Å²) in [6.07, 6.45) is 2.22. The number of amides is 1. The van der Waals surface area contributed by atoms with Crippen LogP contribution in [0.5, 0.6) is 0 Å². The fourth-order valence-corrected chi connectivity index (χ4v) is 3.38. The monoisotopic (exact) mass is 366 g/mol. The number of rotatable bonds is 6. The maximum absolute atomic E-state index is 13.2. The number of carbonyl (C=O) groups is 1. The van der Waals surface area contributed by atoms with Crippen molar-refractivity contribution in [1.29, 1.82) is 0 Å². The average molecular weight is 366 g/mol. The molecule has 8 heteroatoms. The van der Waals surface area contributed by atoms with E-state index in [1.807, 2.05) is 0 Å². The van der Waals surface area contributed by atoms with E-state index in [1.54, 1.807) is 12.1 Å². The minimum Gasteiger partial charge on any atom is -0.353 e. The zero-order valence-corrected chi connectivity index (χ0v) is 13.9. The lowest BCUT2D eigenvalue weighted by Gasteiger charge is -2.09. The SMILES string of the molecule is O=C(Cc1ccc(NS(=O)(=O)c2cc(F)cc(F)c2)cc1)NC1CC1. The third-order valence-corrected chi connectivity index (χ3v) is 5.02. The van der Waals surface area contributed by atoms with E-state index in [2.05, 4.69) is 10.0 Å². The second-order valence-corrected chi connectivity index (χ2v) is 7.61. The molecule has 1 saturated carbocycles. The van der Waals surface area contributed by atoms with E-state index in [9.17, 15) is 22.0 Å². The second kappa shape index (κ2) is 6.79. The summed E-state index contributed by atoms with van der Waals surface area (Å²) in [5.74, 6) is -2.03. The summed E-state index contributed by atoms with van der Waals surface area (Å²) in [6, 6.07) is 8.59. The Labute approximate surface area is 144 Å². The standard InChI is InChI=1S/C17H16F2N2O3S/c18-12-8-13(19)10-16(9-12)25(23,24)21-15-3-1-11(2-4-15)7-17(22)20-14-5-6-14/h1-4,8-10,14,21H,5-7H2,(H,20,22). The molecule has 132 valence electrons. The van der Waals surface area contributed by atoms with Crippen LogP contribution in [0.4, 0.5) is 14.5 Å². The molecule has 0 spiro atoms. The first-order valence-corrected chi connectivity index (χ1v) is 9.17. The molecule has 0 bridgehead atoms. The minimum absolute atomic E-state index is 0.0777. The van der Waals surface area contributed by atoms with E-state index >= 15 is 0 Å². The topological polar surface area (TPSA) is 75.3 Å². The number of sulfonamides is 1. The number of carbonyl (C=O) groups excluding carboxylic acids is 1. The molecule has 1 fully saturated rings. The van der Waals surface area contributed by atoms with Crippen LogP contribution >= 0.6 is 0 Å². The van der Waals surface area contributed by atoms with Gasteiger partial charge in [-0.05, 0) is 42.7 Å². The van der Waals surface area contributed by atoms with Gasteiger partial charge in [-0.1, -0.05) is 12.1 Å². The Balaban J connectivity index is 1.68. The molecule has 0 atom stereocenters. The zero-order chi connectivity index (χ0) is 18.0. The zero-order valence-electron chi connectivity index (χ0n) is 13.1. The number of nitrogens with one attached hydrogen (secondary N) is 2. The maximum Gasteiger partial charge on any atom is 0.262 e. The van der Waals surface area contributed by atoms with Gasteiger partial charge in [0.25, 0.3) is 10.0 Å². The second-order valence-electron chi connectivity index (χ2n) is 5.93. The van der Waals surface area contributed by atoms with Crippen LogP contribution in [0.2, 0.25) is 0 Å². The summed E-state index contributed by atoms with van der Waals surface area (Å²) >= 11 is 0. The summed E-state index contributed by atoms with van der Waals surface area (Å²) in [4.78, 5) is 11.2. The van der Waals surface area contributed by atoms with Crippen LogP contribution in [0.25, 0.3) is 0 Å². The fourth-order valence-electron chi connectivity index (χ4n) is 2.28. The number of halogens is 2. The van der Waals surface area contributed by atoms with Gasteiger partial charge in [0.1, 0.15) is 11.6 Å². The summed E-state index contributed by atoms with van der Waals surface area (Å²) in [6.45, 7) is 0. The van der Waals surface area contributed by atoms with Crippen LogP contribution in [-0.2, 0) is 21.2 Å². The number of hydrogen-bond acceptors (Lipinski definition) is 3. The first kappa shape index (κ1) is 17.3. The van der Waals surface area contributed by atoms with E-state index < -0.39 is 26.6 Å². The molecule has 3 rings (SSSR count). The molecule has 2 N–H and O–H groups in total. The van der Waals surface area contributed by atoms with Crippen LogP contribution in [0.3, 0.4) is 0 Å². The van der Waals surface area contributed by atoms with Crippen LogP contribution in [-0.4, -0.2) is 20.4 Å². The van der Waals surface area contributed by atoms with Crippen molar-refractivity contribution in [3.63, 3.8) is 0 Å². The van der Waals surface area contributed by atoms with E-state index in [0.29, 0.717) is 6.07 Å². The first-order chi connectivity index (χ1) is 11.8. The molecule has 1 aliphatic rings. The lowest BCUT2D eigenvalue weighted by Crippen LogP contribution is -2.26. The van der Waals surface area contributed by atoms with Crippen molar-refractivity contribution in [2.45, 2.75) is 30.2 Å². The third-order valence-electron chi connectivity index (χ3n) is 3.66. The Morgan fingerprint density at radius 3 is 2.20 bits per heavy atom. The molecule has 0 aromatic heterocycles. The predicted molar refractivity (Wildman–Crippen MR) is 88.5 cm³/mol. The molecule has 0 heterocycles. The quantitative estimate of drug-likeness (QED) is 0.825. The smallest absolute Gasteiger partial charge is 0.262 e. The highest BCUT2D eigenvalue weighted by Crippen LogP contribution is 2.20. The Kier molecular flexibility index (Phi) is 4.71. The van der Waals surface area contributed by atoms with Crippen molar-refractivity contribution in [2.75, 3.05) is 4.72 Å². The van der Waals surface area contributed by atoms with Crippen molar-refractivity contribution in [1.82, 2.24) is 5.32 Å². The summed E-state index contributed by atoms with van der Waals surface area (Å²) < 4.78 is 53.0. The summed E-state index contributed by atoms with van der Waals surface area (Å²) in [7, 11) is -4.11. The molecular formula is C17H16F2N2O3S. The molecule has 25 heavy (non-hydrogen) atoms. The molecule has 0 saturated heterocycles. The summed E-state index contributed by atoms with van der Waals surface area (Å²) in [5.41, 5.74) is 0.967. The van der Waals surface area contributed by atoms with Crippen LogP contribution < -0.4 is 10.0 Å². The fraction of sp³-hybridized carbons (Fsp3) is 0.235. The molecule has 2 aromatic rings. The van der Waals surface area contributed by atoms with Gasteiger partial charge in [-0.2, -0.15) is 0 Å². The van der Waals surface area contributed by atoms with Gasteiger partial charge >= 0.3 is 0 Å². The van der Waals surface area contributed by atoms with Crippen LogP contribution in [0, 0.1) is 11.6 Å². The van der Waals surface area contributed by atoms with Crippen LogP contribution in [0.15, 0.2) is 47.4 Å². The number of hydrogen-bond donors (Lipinski definition) is 2. The van der Waals surface area contributed by atoms with Crippen molar-refractivity contribution >= 4 is 21.6 Å². The van der Waals surface area contributed by atoms with E-state index in [4.69, 9.17) is 0 Å². The lowest BCUT2D eigenvalue weighted by molar-refractivity contribution is -0.120. The van der Waals surface area contributed by atoms with E-state index in [-0.39, 0.29) is 24.1 Å². The molecule has 5 nitrogen and oxygen atoms in total. The lowest BCUT2D eigenvalue weighted by atomic mass is 10.1. The predicted octanol–water partition coefficient (Wildman–Crippen LogP) is 2.59. The minimum atomic E-state index is -4.11. The molecule has 0 radical (unpaired) electrons. The van der Waals surface area contributed by atoms with Crippen LogP contribution in [0.1, 0.15) is 18.4 Å². The van der Waals surface area contributed by atoms with Gasteiger partial charge in [0.15, 0.2) is 0 Å². The molecule has 2 aromatic carbocycles. The van der Waals surface area contributed by atoms with Gasteiger partial charge in [-0.15, -0.1) is 0 Å². The Morgan fingerprint density at radius 1 is 1.04 bits per heavy atom. The van der Waals surface area contributed by atoms with Gasteiger partial charge in [-0.3, -0.25) is 9.52 Å². The third kappa shape index (κ3) is 4.76. The highest BCUT2D eigenvalue weighted by atomic mass is 32.2. The highest BCUT2D eigenvalue weighted by Gasteiger charge is 2.23. The number of benzene rings is 2. The van der Waals surface area contributed by atoms with Crippen molar-refractivity contribution in [2.24, 2.45) is 0 Å². The van der Waals surface area contributed by atoms with Crippen molar-refractivity contribution in [3.8, 4) is 0 Å². The maximum atomic E-state index is 13.2. The van der Waals surface area contributed by atoms with Crippen molar-refractivity contribution < 1.29 is 22.0 Å². The highest BCUT2D eigenvalue weighted by molar-refractivity contribution is 7.92. The van der Waals surface area contributed by atoms with Crippen molar-refractivity contribution in [3.05, 3.63) is 59.7 Å². The van der Waals surface area contributed by atoms with Gasteiger partial charge < -0.3 is 5.32 Å².